The van der Waals surface area contributed by atoms with Gasteiger partial charge in [0.15, 0.2) is 17.3 Å². The van der Waals surface area contributed by atoms with Crippen molar-refractivity contribution in [3.8, 4) is 11.5 Å². The van der Waals surface area contributed by atoms with Crippen molar-refractivity contribution in [2.24, 2.45) is 0 Å². The highest BCUT2D eigenvalue weighted by molar-refractivity contribution is 5.93. The molecule has 0 atom stereocenters. The van der Waals surface area contributed by atoms with Gasteiger partial charge in [0.05, 0.1) is 16.7 Å². The van der Waals surface area contributed by atoms with Crippen molar-refractivity contribution in [3.63, 3.8) is 0 Å². The maximum absolute atomic E-state index is 4.94. The Hall–Kier alpha value is -3.30. The minimum Gasteiger partial charge on any atom is -0.352 e. The van der Waals surface area contributed by atoms with Crippen LogP contribution in [-0.4, -0.2) is 81.3 Å². The van der Waals surface area contributed by atoms with Crippen LogP contribution in [0.1, 0.15) is 12.1 Å². The van der Waals surface area contributed by atoms with E-state index in [1.807, 2.05) is 12.3 Å². The average Bonchev–Trinajstić information content (AvgIpc) is 3.43. The molecule has 1 saturated heterocycles. The summed E-state index contributed by atoms with van der Waals surface area (Å²) in [7, 11) is 2.15. The number of hydrogen-bond acceptors (Lipinski definition) is 7. The molecule has 0 saturated carbocycles. The van der Waals surface area contributed by atoms with Crippen LogP contribution in [-0.2, 0) is 0 Å². The summed E-state index contributed by atoms with van der Waals surface area (Å²) in [4.78, 5) is 22.6. The summed E-state index contributed by atoms with van der Waals surface area (Å²) >= 11 is 0. The summed E-state index contributed by atoms with van der Waals surface area (Å²) in [6.45, 7) is 5.82. The number of hydrogen-bond donors (Lipinski definition) is 3. The molecular weight excluding hydrogens is 390 g/mol. The minimum absolute atomic E-state index is 0.716. The van der Waals surface area contributed by atoms with Crippen molar-refractivity contribution in [1.29, 1.82) is 0 Å². The van der Waals surface area contributed by atoms with E-state index in [1.165, 1.54) is 5.57 Å². The fraction of sp³-hybridized carbons (Fsp3) is 0.364. The summed E-state index contributed by atoms with van der Waals surface area (Å²) in [5.41, 5.74) is 6.62. The Morgan fingerprint density at radius 2 is 1.87 bits per heavy atom. The molecule has 3 N–H and O–H groups in total. The van der Waals surface area contributed by atoms with E-state index >= 15 is 0 Å². The summed E-state index contributed by atoms with van der Waals surface area (Å²) in [5.74, 6) is 1.65. The van der Waals surface area contributed by atoms with E-state index in [1.54, 1.807) is 0 Å². The predicted molar refractivity (Wildman–Crippen MR) is 122 cm³/mol. The Morgan fingerprint density at radius 3 is 2.71 bits per heavy atom. The Kier molecular flexibility index (Phi) is 4.43. The Labute approximate surface area is 179 Å². The van der Waals surface area contributed by atoms with E-state index in [-0.39, 0.29) is 0 Å². The lowest BCUT2D eigenvalue weighted by Gasteiger charge is -2.33. The van der Waals surface area contributed by atoms with E-state index in [9.17, 15) is 0 Å². The van der Waals surface area contributed by atoms with Gasteiger partial charge in [0.1, 0.15) is 11.0 Å². The third kappa shape index (κ3) is 3.26. The van der Waals surface area contributed by atoms with Crippen LogP contribution < -0.4 is 10.2 Å². The van der Waals surface area contributed by atoms with Gasteiger partial charge in [-0.2, -0.15) is 5.10 Å². The largest absolute Gasteiger partial charge is 0.352 e. The van der Waals surface area contributed by atoms with Gasteiger partial charge < -0.3 is 20.1 Å². The molecule has 0 amide bonds. The fourth-order valence-corrected chi connectivity index (χ4v) is 4.38. The molecule has 31 heavy (non-hydrogen) atoms. The maximum Gasteiger partial charge on any atom is 0.161 e. The van der Waals surface area contributed by atoms with Crippen molar-refractivity contribution < 1.29 is 0 Å². The monoisotopic (exact) mass is 415 g/mol. The van der Waals surface area contributed by atoms with Gasteiger partial charge in [-0.05, 0) is 43.8 Å². The Bertz CT molecular complexity index is 1280. The average molecular weight is 416 g/mol. The van der Waals surface area contributed by atoms with Gasteiger partial charge in [-0.25, -0.2) is 15.0 Å². The van der Waals surface area contributed by atoms with Gasteiger partial charge in [-0.15, -0.1) is 0 Å². The second kappa shape index (κ2) is 7.44. The standard InChI is InChI=1S/C22H25N9/c1-30-10-12-31(13-11-30)22-19-16(6-9-24-22)26-21(27-19)20-18-17(28-29-20)3-2-15(25-18)14-4-7-23-8-5-14/h2-4,6,9,23H,5,7-8,10-13H2,1H3,(H,26,27)(H,28,29). The first-order chi connectivity index (χ1) is 15.3. The number of nitrogens with one attached hydrogen (secondary N) is 3. The number of imidazole rings is 1. The Balaban J connectivity index is 1.42. The van der Waals surface area contributed by atoms with Gasteiger partial charge in [0, 0.05) is 38.9 Å². The van der Waals surface area contributed by atoms with Crippen molar-refractivity contribution in [1.82, 2.24) is 40.3 Å². The molecular formula is C22H25N9. The van der Waals surface area contributed by atoms with E-state index in [0.717, 1.165) is 85.0 Å². The number of pyridine rings is 2. The Morgan fingerprint density at radius 1 is 0.968 bits per heavy atom. The number of fused-ring (bicyclic) bond motifs is 2. The number of piperazine rings is 1. The predicted octanol–water partition coefficient (Wildman–Crippen LogP) is 2.02. The van der Waals surface area contributed by atoms with E-state index in [4.69, 9.17) is 9.97 Å². The van der Waals surface area contributed by atoms with Gasteiger partial charge >= 0.3 is 0 Å². The zero-order chi connectivity index (χ0) is 20.8. The molecule has 2 aliphatic heterocycles. The molecule has 0 radical (unpaired) electrons. The molecule has 1 fully saturated rings. The minimum atomic E-state index is 0.716. The van der Waals surface area contributed by atoms with Crippen molar-refractivity contribution in [2.45, 2.75) is 6.42 Å². The van der Waals surface area contributed by atoms with Crippen molar-refractivity contribution in [2.75, 3.05) is 51.2 Å². The smallest absolute Gasteiger partial charge is 0.161 e. The summed E-state index contributed by atoms with van der Waals surface area (Å²) in [6, 6.07) is 6.09. The first-order valence-corrected chi connectivity index (χ1v) is 10.8. The third-order valence-electron chi connectivity index (χ3n) is 6.21. The molecule has 4 aromatic heterocycles. The SMILES string of the molecule is CN1CCN(c2nccc3[nH]c(-c4n[nH]c5ccc(C6=CCNCC6)nc45)nc23)CC1. The van der Waals surface area contributed by atoms with E-state index in [2.05, 4.69) is 60.5 Å². The summed E-state index contributed by atoms with van der Waals surface area (Å²) in [5, 5.41) is 11.0. The topological polar surface area (TPSA) is 102 Å². The molecule has 158 valence electrons. The second-order valence-corrected chi connectivity index (χ2v) is 8.25. The lowest BCUT2D eigenvalue weighted by Crippen LogP contribution is -2.44. The van der Waals surface area contributed by atoms with Crippen molar-refractivity contribution >= 4 is 33.5 Å². The fourth-order valence-electron chi connectivity index (χ4n) is 4.38. The second-order valence-electron chi connectivity index (χ2n) is 8.25. The first-order valence-electron chi connectivity index (χ1n) is 10.8. The number of nitrogens with zero attached hydrogens (tertiary/aromatic N) is 6. The molecule has 9 heteroatoms. The highest BCUT2D eigenvalue weighted by atomic mass is 15.3. The van der Waals surface area contributed by atoms with Crippen LogP contribution in [0.3, 0.4) is 0 Å². The van der Waals surface area contributed by atoms with Gasteiger partial charge in [-0.3, -0.25) is 5.10 Å². The molecule has 0 aliphatic carbocycles. The third-order valence-corrected chi connectivity index (χ3v) is 6.21. The van der Waals surface area contributed by atoms with Gasteiger partial charge in [0.25, 0.3) is 0 Å². The first kappa shape index (κ1) is 18.5. The number of anilines is 1. The molecule has 0 unspecified atom stereocenters. The van der Waals surface area contributed by atoms with Crippen LogP contribution in [0, 0.1) is 0 Å². The summed E-state index contributed by atoms with van der Waals surface area (Å²) in [6.07, 6.45) is 5.05. The highest BCUT2D eigenvalue weighted by Crippen LogP contribution is 2.30. The number of H-pyrrole nitrogens is 2. The van der Waals surface area contributed by atoms with Crippen LogP contribution in [0.4, 0.5) is 5.82 Å². The molecule has 6 heterocycles. The number of likely N-dealkylation sites (N-methyl/N-ethyl adjacent to an activating group) is 1. The normalized spacial score (nSPS) is 18.1. The molecule has 0 aromatic carbocycles. The quantitative estimate of drug-likeness (QED) is 0.471. The molecule has 2 aliphatic rings. The van der Waals surface area contributed by atoms with Gasteiger partial charge in [0.2, 0.25) is 0 Å². The summed E-state index contributed by atoms with van der Waals surface area (Å²) < 4.78 is 0. The molecule has 0 bridgehead atoms. The zero-order valence-electron chi connectivity index (χ0n) is 17.5. The van der Waals surface area contributed by atoms with E-state index < -0.39 is 0 Å². The van der Waals surface area contributed by atoms with Crippen LogP contribution in [0.25, 0.3) is 39.2 Å². The van der Waals surface area contributed by atoms with Crippen LogP contribution in [0.15, 0.2) is 30.5 Å². The van der Waals surface area contributed by atoms with Crippen LogP contribution >= 0.6 is 0 Å². The molecule has 9 nitrogen and oxygen atoms in total. The maximum atomic E-state index is 4.94. The number of aromatic amines is 2. The molecule has 4 aromatic rings. The van der Waals surface area contributed by atoms with Crippen LogP contribution in [0.5, 0.6) is 0 Å². The van der Waals surface area contributed by atoms with Crippen LogP contribution in [0.2, 0.25) is 0 Å². The number of rotatable bonds is 3. The highest BCUT2D eigenvalue weighted by Gasteiger charge is 2.21. The molecule has 0 spiro atoms. The van der Waals surface area contributed by atoms with Gasteiger partial charge in [-0.1, -0.05) is 6.08 Å². The van der Waals surface area contributed by atoms with E-state index in [0.29, 0.717) is 5.82 Å². The lowest BCUT2D eigenvalue weighted by atomic mass is 10.1. The van der Waals surface area contributed by atoms with Crippen molar-refractivity contribution in [3.05, 3.63) is 36.2 Å². The lowest BCUT2D eigenvalue weighted by molar-refractivity contribution is 0.312. The zero-order valence-corrected chi connectivity index (χ0v) is 17.5. The molecule has 6 rings (SSSR count). The number of aromatic nitrogens is 6.